The Kier molecular flexibility index (Phi) is 4.80. The van der Waals surface area contributed by atoms with E-state index in [0.29, 0.717) is 6.04 Å². The molecular weight excluding hydrogens is 264 g/mol. The number of piperazine rings is 1. The number of anilines is 1. The molecule has 0 aliphatic carbocycles. The molecule has 2 fully saturated rings. The summed E-state index contributed by atoms with van der Waals surface area (Å²) in [6.07, 6.45) is 7.03. The van der Waals surface area contributed by atoms with Gasteiger partial charge in [-0.05, 0) is 39.8 Å². The molecule has 1 aromatic heterocycles. The Labute approximate surface area is 127 Å². The van der Waals surface area contributed by atoms with Crippen molar-refractivity contribution < 1.29 is 4.42 Å². The summed E-state index contributed by atoms with van der Waals surface area (Å²) in [4.78, 5) is 11.6. The highest BCUT2D eigenvalue weighted by atomic mass is 16.4. The van der Waals surface area contributed by atoms with Gasteiger partial charge in [-0.2, -0.15) is 0 Å². The van der Waals surface area contributed by atoms with Crippen molar-refractivity contribution in [1.82, 2.24) is 14.8 Å². The van der Waals surface area contributed by atoms with Crippen molar-refractivity contribution in [2.45, 2.75) is 45.7 Å². The minimum Gasteiger partial charge on any atom is -0.423 e. The average Bonchev–Trinajstić information content (AvgIpc) is 2.97. The molecule has 3 heterocycles. The van der Waals surface area contributed by atoms with Gasteiger partial charge in [-0.3, -0.25) is 9.80 Å². The van der Waals surface area contributed by atoms with Gasteiger partial charge < -0.3 is 9.32 Å². The first-order valence-electron chi connectivity index (χ1n) is 8.31. The van der Waals surface area contributed by atoms with Gasteiger partial charge >= 0.3 is 0 Å². The summed E-state index contributed by atoms with van der Waals surface area (Å²) in [5.74, 6) is 1.64. The molecule has 5 heteroatoms. The van der Waals surface area contributed by atoms with Crippen molar-refractivity contribution in [2.24, 2.45) is 0 Å². The minimum absolute atomic E-state index is 0.625. The number of oxazole rings is 1. The van der Waals surface area contributed by atoms with Gasteiger partial charge in [0.25, 0.3) is 0 Å². The summed E-state index contributed by atoms with van der Waals surface area (Å²) in [6, 6.07) is 0.625. The standard InChI is InChI=1S/C16H27N4O/c1-14(2)19-8-10-20(11-9-19)16-12-17-15(21-16)13-18-6-4-3-5-7-18/h14H,3-11,13H2,1-2H3. The number of rotatable bonds is 4. The van der Waals surface area contributed by atoms with Gasteiger partial charge in [0.2, 0.25) is 11.8 Å². The first kappa shape index (κ1) is 14.9. The first-order chi connectivity index (χ1) is 10.2. The van der Waals surface area contributed by atoms with E-state index >= 15 is 0 Å². The van der Waals surface area contributed by atoms with Crippen molar-refractivity contribution >= 4 is 5.88 Å². The Bertz CT molecular complexity index is 431. The van der Waals surface area contributed by atoms with Gasteiger partial charge in [0.1, 0.15) is 0 Å². The quantitative estimate of drug-likeness (QED) is 0.848. The van der Waals surface area contributed by atoms with Crippen LogP contribution >= 0.6 is 0 Å². The average molecular weight is 291 g/mol. The third kappa shape index (κ3) is 3.77. The summed E-state index contributed by atoms with van der Waals surface area (Å²) in [5, 5.41) is 0. The second kappa shape index (κ2) is 6.79. The Hall–Kier alpha value is -1.07. The number of hydrogen-bond donors (Lipinski definition) is 0. The van der Waals surface area contributed by atoms with Crippen LogP contribution in [-0.2, 0) is 6.54 Å². The maximum Gasteiger partial charge on any atom is 0.226 e. The smallest absolute Gasteiger partial charge is 0.226 e. The van der Waals surface area contributed by atoms with Crippen LogP contribution in [0, 0.1) is 6.20 Å². The molecule has 5 nitrogen and oxygen atoms in total. The van der Waals surface area contributed by atoms with Gasteiger partial charge in [0, 0.05) is 32.2 Å². The number of likely N-dealkylation sites (tertiary alicyclic amines) is 1. The zero-order valence-corrected chi connectivity index (χ0v) is 13.3. The lowest BCUT2D eigenvalue weighted by molar-refractivity contribution is 0.196. The Morgan fingerprint density at radius 2 is 1.76 bits per heavy atom. The van der Waals surface area contributed by atoms with Gasteiger partial charge in [-0.1, -0.05) is 6.42 Å². The zero-order chi connectivity index (χ0) is 14.7. The number of hydrogen-bond acceptors (Lipinski definition) is 5. The van der Waals surface area contributed by atoms with Crippen molar-refractivity contribution in [3.05, 3.63) is 12.1 Å². The largest absolute Gasteiger partial charge is 0.423 e. The monoisotopic (exact) mass is 291 g/mol. The number of nitrogens with zero attached hydrogens (tertiary/aromatic N) is 4. The van der Waals surface area contributed by atoms with Gasteiger partial charge in [-0.25, -0.2) is 4.98 Å². The van der Waals surface area contributed by atoms with E-state index in [2.05, 4.69) is 39.7 Å². The molecule has 0 amide bonds. The molecule has 0 saturated carbocycles. The van der Waals surface area contributed by atoms with Crippen molar-refractivity contribution in [2.75, 3.05) is 44.2 Å². The molecule has 2 saturated heterocycles. The second-order valence-electron chi connectivity index (χ2n) is 6.48. The van der Waals surface area contributed by atoms with E-state index in [9.17, 15) is 0 Å². The van der Waals surface area contributed by atoms with E-state index in [1.807, 2.05) is 0 Å². The van der Waals surface area contributed by atoms with Crippen LogP contribution in [-0.4, -0.2) is 60.1 Å². The predicted molar refractivity (Wildman–Crippen MR) is 83.4 cm³/mol. The topological polar surface area (TPSA) is 35.8 Å². The lowest BCUT2D eigenvalue weighted by Gasteiger charge is -2.36. The van der Waals surface area contributed by atoms with Crippen molar-refractivity contribution in [3.8, 4) is 0 Å². The van der Waals surface area contributed by atoms with Gasteiger partial charge in [-0.15, -0.1) is 0 Å². The fourth-order valence-corrected chi connectivity index (χ4v) is 3.22. The van der Waals surface area contributed by atoms with Crippen LogP contribution < -0.4 is 4.90 Å². The van der Waals surface area contributed by atoms with Gasteiger partial charge in [0.05, 0.1) is 6.54 Å². The molecule has 2 aliphatic heterocycles. The van der Waals surface area contributed by atoms with E-state index in [1.54, 1.807) is 0 Å². The molecule has 2 aliphatic rings. The highest BCUT2D eigenvalue weighted by Gasteiger charge is 2.22. The SMILES string of the molecule is CC(C)N1CCN(c2[c]nc(CN3CCCCC3)o2)CC1. The van der Waals surface area contributed by atoms with E-state index in [0.717, 1.165) is 44.5 Å². The molecule has 0 aromatic carbocycles. The van der Waals surface area contributed by atoms with Crippen molar-refractivity contribution in [3.63, 3.8) is 0 Å². The predicted octanol–water partition coefficient (Wildman–Crippen LogP) is 1.99. The van der Waals surface area contributed by atoms with Crippen LogP contribution in [0.4, 0.5) is 5.88 Å². The van der Waals surface area contributed by atoms with Crippen LogP contribution in [0.5, 0.6) is 0 Å². The summed E-state index contributed by atoms with van der Waals surface area (Å²) >= 11 is 0. The fourth-order valence-electron chi connectivity index (χ4n) is 3.22. The Balaban J connectivity index is 1.53. The molecule has 0 atom stereocenters. The lowest BCUT2D eigenvalue weighted by atomic mass is 10.1. The molecule has 21 heavy (non-hydrogen) atoms. The van der Waals surface area contributed by atoms with Crippen LogP contribution in [0.15, 0.2) is 4.42 Å². The second-order valence-corrected chi connectivity index (χ2v) is 6.48. The van der Waals surface area contributed by atoms with E-state index < -0.39 is 0 Å². The normalized spacial score (nSPS) is 22.1. The summed E-state index contributed by atoms with van der Waals surface area (Å²) in [7, 11) is 0. The molecule has 0 spiro atoms. The first-order valence-corrected chi connectivity index (χ1v) is 8.31. The third-order valence-electron chi connectivity index (χ3n) is 4.63. The highest BCUT2D eigenvalue weighted by molar-refractivity contribution is 5.32. The zero-order valence-electron chi connectivity index (χ0n) is 13.3. The molecule has 0 N–H and O–H groups in total. The molecular formula is C16H27N4O. The molecule has 0 unspecified atom stereocenters. The summed E-state index contributed by atoms with van der Waals surface area (Å²) in [6.45, 7) is 11.9. The number of piperidine rings is 1. The molecule has 117 valence electrons. The van der Waals surface area contributed by atoms with Crippen LogP contribution in [0.1, 0.15) is 39.0 Å². The van der Waals surface area contributed by atoms with Crippen LogP contribution in [0.2, 0.25) is 0 Å². The van der Waals surface area contributed by atoms with Crippen molar-refractivity contribution in [1.29, 1.82) is 0 Å². The fraction of sp³-hybridized carbons (Fsp3) is 0.812. The molecule has 1 radical (unpaired) electrons. The van der Waals surface area contributed by atoms with E-state index in [4.69, 9.17) is 4.42 Å². The Morgan fingerprint density at radius 1 is 1.05 bits per heavy atom. The van der Waals surface area contributed by atoms with Crippen LogP contribution in [0.25, 0.3) is 0 Å². The molecule has 0 bridgehead atoms. The van der Waals surface area contributed by atoms with E-state index in [1.165, 1.54) is 32.4 Å². The Morgan fingerprint density at radius 3 is 2.43 bits per heavy atom. The minimum atomic E-state index is 0.625. The molecule has 1 aromatic rings. The van der Waals surface area contributed by atoms with Gasteiger partial charge in [0.15, 0.2) is 6.20 Å². The molecule has 3 rings (SSSR count). The number of aromatic nitrogens is 1. The summed E-state index contributed by atoms with van der Waals surface area (Å²) < 4.78 is 5.92. The third-order valence-corrected chi connectivity index (χ3v) is 4.63. The summed E-state index contributed by atoms with van der Waals surface area (Å²) in [5.41, 5.74) is 0. The highest BCUT2D eigenvalue weighted by Crippen LogP contribution is 2.20. The lowest BCUT2D eigenvalue weighted by Crippen LogP contribution is -2.48. The maximum atomic E-state index is 5.92. The van der Waals surface area contributed by atoms with Crippen LogP contribution in [0.3, 0.4) is 0 Å². The van der Waals surface area contributed by atoms with E-state index in [-0.39, 0.29) is 0 Å². The maximum absolute atomic E-state index is 5.92.